The first-order valence-electron chi connectivity index (χ1n) is 8.04. The van der Waals surface area contributed by atoms with E-state index in [9.17, 15) is 4.79 Å². The van der Waals surface area contributed by atoms with E-state index >= 15 is 0 Å². The molecule has 0 aliphatic carbocycles. The van der Waals surface area contributed by atoms with Gasteiger partial charge in [-0.1, -0.05) is 48.9 Å². The Balaban J connectivity index is 2.23. The summed E-state index contributed by atoms with van der Waals surface area (Å²) >= 11 is 11.9. The van der Waals surface area contributed by atoms with E-state index < -0.39 is 0 Å². The Morgan fingerprint density at radius 3 is 2.33 bits per heavy atom. The number of carbonyl (C=O) groups is 1. The van der Waals surface area contributed by atoms with Crippen LogP contribution >= 0.6 is 23.2 Å². The standard InChI is InChI=1S/C20H21Cl2NO/c1-19(2)13-20(3,14-8-10-15(22)11-9-14)16-6-4-5-7-17(16)23(19)18(24)12-21/h4-11H,12-13H2,1-3H3. The number of fused-ring (bicyclic) bond motifs is 1. The molecular formula is C20H21Cl2NO. The number of amides is 1. The normalized spacial score (nSPS) is 22.1. The maximum atomic E-state index is 12.5. The maximum Gasteiger partial charge on any atom is 0.242 e. The third-order valence-corrected chi connectivity index (χ3v) is 5.46. The number of hydrogen-bond donors (Lipinski definition) is 0. The molecule has 24 heavy (non-hydrogen) atoms. The van der Waals surface area contributed by atoms with Crippen molar-refractivity contribution in [3.05, 3.63) is 64.7 Å². The summed E-state index contributed by atoms with van der Waals surface area (Å²) in [7, 11) is 0. The SMILES string of the molecule is CC1(c2ccc(Cl)cc2)CC(C)(C)N(C(=O)CCl)c2ccccc21. The Morgan fingerprint density at radius 2 is 1.71 bits per heavy atom. The van der Waals surface area contributed by atoms with Crippen molar-refractivity contribution in [1.29, 1.82) is 0 Å². The average Bonchev–Trinajstić information content (AvgIpc) is 2.54. The van der Waals surface area contributed by atoms with Gasteiger partial charge in [0.25, 0.3) is 0 Å². The Bertz CT molecular complexity index is 769. The molecule has 4 heteroatoms. The molecule has 0 radical (unpaired) electrons. The molecule has 126 valence electrons. The van der Waals surface area contributed by atoms with Crippen LogP contribution in [0.4, 0.5) is 5.69 Å². The van der Waals surface area contributed by atoms with E-state index in [0.717, 1.165) is 22.7 Å². The summed E-state index contributed by atoms with van der Waals surface area (Å²) in [5.41, 5.74) is 2.75. The van der Waals surface area contributed by atoms with Crippen molar-refractivity contribution in [2.75, 3.05) is 10.8 Å². The second-order valence-electron chi connectivity index (χ2n) is 7.21. The fraction of sp³-hybridized carbons (Fsp3) is 0.350. The molecule has 0 fully saturated rings. The number of halogens is 2. The minimum atomic E-state index is -0.339. The van der Waals surface area contributed by atoms with Crippen LogP contribution < -0.4 is 4.90 Å². The molecule has 2 aromatic rings. The third kappa shape index (κ3) is 2.72. The van der Waals surface area contributed by atoms with Crippen LogP contribution in [0.15, 0.2) is 48.5 Å². The molecule has 2 aromatic carbocycles. The van der Waals surface area contributed by atoms with Crippen LogP contribution in [0.5, 0.6) is 0 Å². The van der Waals surface area contributed by atoms with Gasteiger partial charge in [0.1, 0.15) is 5.88 Å². The van der Waals surface area contributed by atoms with E-state index in [1.807, 2.05) is 35.2 Å². The first-order chi connectivity index (χ1) is 11.3. The summed E-state index contributed by atoms with van der Waals surface area (Å²) in [4.78, 5) is 14.4. The Morgan fingerprint density at radius 1 is 1.08 bits per heavy atom. The van der Waals surface area contributed by atoms with E-state index in [1.165, 1.54) is 5.56 Å². The molecule has 1 unspecified atom stereocenters. The number of benzene rings is 2. The molecule has 0 saturated heterocycles. The van der Waals surface area contributed by atoms with E-state index in [-0.39, 0.29) is 22.7 Å². The van der Waals surface area contributed by atoms with Gasteiger partial charge in [-0.25, -0.2) is 0 Å². The zero-order valence-electron chi connectivity index (χ0n) is 14.1. The molecule has 0 aromatic heterocycles. The lowest BCUT2D eigenvalue weighted by Crippen LogP contribution is -2.56. The van der Waals surface area contributed by atoms with Gasteiger partial charge in [-0.2, -0.15) is 0 Å². The molecule has 1 heterocycles. The van der Waals surface area contributed by atoms with E-state index in [2.05, 4.69) is 39.0 Å². The maximum absolute atomic E-state index is 12.5. The highest BCUT2D eigenvalue weighted by molar-refractivity contribution is 6.30. The summed E-state index contributed by atoms with van der Waals surface area (Å²) in [6.07, 6.45) is 0.807. The second kappa shape index (κ2) is 6.09. The van der Waals surface area contributed by atoms with Crippen LogP contribution in [-0.4, -0.2) is 17.3 Å². The largest absolute Gasteiger partial charge is 0.305 e. The molecule has 0 saturated carbocycles. The fourth-order valence-corrected chi connectivity index (χ4v) is 4.35. The molecule has 0 spiro atoms. The monoisotopic (exact) mass is 361 g/mol. The second-order valence-corrected chi connectivity index (χ2v) is 7.91. The topological polar surface area (TPSA) is 20.3 Å². The Labute approximate surface area is 153 Å². The van der Waals surface area contributed by atoms with Crippen LogP contribution in [0.2, 0.25) is 5.02 Å². The quantitative estimate of drug-likeness (QED) is 0.655. The number of rotatable bonds is 2. The van der Waals surface area contributed by atoms with Gasteiger partial charge in [0.2, 0.25) is 5.91 Å². The highest BCUT2D eigenvalue weighted by atomic mass is 35.5. The summed E-state index contributed by atoms with van der Waals surface area (Å²) in [6, 6.07) is 16.1. The van der Waals surface area contributed by atoms with E-state index in [0.29, 0.717) is 0 Å². The van der Waals surface area contributed by atoms with Gasteiger partial charge in [0, 0.05) is 21.7 Å². The molecule has 1 atom stereocenters. The van der Waals surface area contributed by atoms with Crippen LogP contribution in [0.3, 0.4) is 0 Å². The lowest BCUT2D eigenvalue weighted by atomic mass is 9.65. The molecule has 1 aliphatic rings. The minimum absolute atomic E-state index is 0.0184. The van der Waals surface area contributed by atoms with E-state index in [1.54, 1.807) is 0 Å². The van der Waals surface area contributed by atoms with Crippen molar-refractivity contribution in [3.8, 4) is 0 Å². The molecule has 3 rings (SSSR count). The Hall–Kier alpha value is -1.51. The number of alkyl halides is 1. The minimum Gasteiger partial charge on any atom is -0.305 e. The fourth-order valence-electron chi connectivity index (χ4n) is 4.11. The zero-order valence-corrected chi connectivity index (χ0v) is 15.7. The lowest BCUT2D eigenvalue weighted by molar-refractivity contribution is -0.117. The van der Waals surface area contributed by atoms with Crippen LogP contribution in [-0.2, 0) is 10.2 Å². The molecule has 1 amide bonds. The number of para-hydroxylation sites is 1. The zero-order chi connectivity index (χ0) is 17.5. The number of nitrogens with zero attached hydrogens (tertiary/aromatic N) is 1. The van der Waals surface area contributed by atoms with Crippen molar-refractivity contribution < 1.29 is 4.79 Å². The van der Waals surface area contributed by atoms with Crippen LogP contribution in [0, 0.1) is 0 Å². The van der Waals surface area contributed by atoms with Crippen molar-refractivity contribution in [1.82, 2.24) is 0 Å². The summed E-state index contributed by atoms with van der Waals surface area (Å²) in [5, 5.41) is 0.727. The van der Waals surface area contributed by atoms with Gasteiger partial charge in [0.15, 0.2) is 0 Å². The molecule has 1 aliphatic heterocycles. The van der Waals surface area contributed by atoms with Gasteiger partial charge in [-0.15, -0.1) is 11.6 Å². The lowest BCUT2D eigenvalue weighted by Gasteiger charge is -2.51. The van der Waals surface area contributed by atoms with Crippen molar-refractivity contribution in [2.45, 2.75) is 38.1 Å². The predicted octanol–water partition coefficient (Wildman–Crippen LogP) is 5.40. The Kier molecular flexibility index (Phi) is 4.39. The highest BCUT2D eigenvalue weighted by Gasteiger charge is 2.47. The van der Waals surface area contributed by atoms with Crippen molar-refractivity contribution in [3.63, 3.8) is 0 Å². The molecule has 2 nitrogen and oxygen atoms in total. The first-order valence-corrected chi connectivity index (χ1v) is 8.95. The molecule has 0 bridgehead atoms. The first kappa shape index (κ1) is 17.3. The number of hydrogen-bond acceptors (Lipinski definition) is 1. The molecular weight excluding hydrogens is 341 g/mol. The van der Waals surface area contributed by atoms with Crippen molar-refractivity contribution in [2.24, 2.45) is 0 Å². The van der Waals surface area contributed by atoms with Gasteiger partial charge in [-0.3, -0.25) is 4.79 Å². The predicted molar refractivity (Wildman–Crippen MR) is 101 cm³/mol. The summed E-state index contributed by atoms with van der Waals surface area (Å²) in [5.74, 6) is -0.0811. The number of carbonyl (C=O) groups excluding carboxylic acids is 1. The van der Waals surface area contributed by atoms with Gasteiger partial charge in [0.05, 0.1) is 0 Å². The molecule has 0 N–H and O–H groups in total. The smallest absolute Gasteiger partial charge is 0.242 e. The number of anilines is 1. The summed E-state index contributed by atoms with van der Waals surface area (Å²) in [6.45, 7) is 6.43. The van der Waals surface area contributed by atoms with Gasteiger partial charge >= 0.3 is 0 Å². The van der Waals surface area contributed by atoms with Crippen LogP contribution in [0.1, 0.15) is 38.3 Å². The van der Waals surface area contributed by atoms with Crippen LogP contribution in [0.25, 0.3) is 0 Å². The van der Waals surface area contributed by atoms with E-state index in [4.69, 9.17) is 23.2 Å². The van der Waals surface area contributed by atoms with Gasteiger partial charge in [-0.05, 0) is 49.6 Å². The van der Waals surface area contributed by atoms with Gasteiger partial charge < -0.3 is 4.90 Å². The highest BCUT2D eigenvalue weighted by Crippen LogP contribution is 2.50. The summed E-state index contributed by atoms with van der Waals surface area (Å²) < 4.78 is 0. The average molecular weight is 362 g/mol. The third-order valence-electron chi connectivity index (χ3n) is 4.98. The van der Waals surface area contributed by atoms with Crippen molar-refractivity contribution >= 4 is 34.8 Å².